The van der Waals surface area contributed by atoms with Gasteiger partial charge in [-0.15, -0.1) is 11.3 Å². The molecule has 0 fully saturated rings. The van der Waals surface area contributed by atoms with Gasteiger partial charge in [-0.2, -0.15) is 0 Å². The van der Waals surface area contributed by atoms with Crippen molar-refractivity contribution in [3.63, 3.8) is 0 Å². The molecule has 8 heteroatoms. The number of hydrogen-bond donors (Lipinski definition) is 1. The average molecular weight is 502 g/mol. The Kier molecular flexibility index (Phi) is 7.87. The van der Waals surface area contributed by atoms with Crippen molar-refractivity contribution in [1.82, 2.24) is 0 Å². The van der Waals surface area contributed by atoms with E-state index in [0.29, 0.717) is 16.1 Å². The molecule has 182 valence electrons. The summed E-state index contributed by atoms with van der Waals surface area (Å²) in [6.07, 6.45) is 0.985. The Hall–Kier alpha value is -4.30. The molecule has 4 rings (SSSR count). The zero-order valence-electron chi connectivity index (χ0n) is 19.5. The fourth-order valence-electron chi connectivity index (χ4n) is 3.68. The van der Waals surface area contributed by atoms with Crippen LogP contribution in [-0.4, -0.2) is 35.8 Å². The molecule has 0 unspecified atom stereocenters. The average Bonchev–Trinajstić information content (AvgIpc) is 3.31. The van der Waals surface area contributed by atoms with Gasteiger partial charge in [0.2, 0.25) is 0 Å². The molecule has 0 aliphatic rings. The van der Waals surface area contributed by atoms with Crippen LogP contribution in [0.15, 0.2) is 77.1 Å². The number of aliphatic imine (C=N–C) groups is 1. The number of benzene rings is 3. The van der Waals surface area contributed by atoms with Gasteiger partial charge in [-0.3, -0.25) is 9.59 Å². The molecule has 1 N–H and O–H groups in total. The number of carboxylic acid groups (broad SMARTS) is 1. The molecule has 3 aromatic carbocycles. The van der Waals surface area contributed by atoms with Gasteiger partial charge >= 0.3 is 17.9 Å². The Bertz CT molecular complexity index is 1440. The second kappa shape index (κ2) is 11.4. The van der Waals surface area contributed by atoms with Crippen molar-refractivity contribution in [2.75, 3.05) is 6.61 Å². The van der Waals surface area contributed by atoms with Crippen molar-refractivity contribution in [2.24, 2.45) is 4.99 Å². The van der Waals surface area contributed by atoms with E-state index in [0.717, 1.165) is 21.9 Å². The van der Waals surface area contributed by atoms with Crippen molar-refractivity contribution in [2.45, 2.75) is 19.8 Å². The highest BCUT2D eigenvalue weighted by Crippen LogP contribution is 2.38. The topological polar surface area (TPSA) is 102 Å². The summed E-state index contributed by atoms with van der Waals surface area (Å²) in [6.45, 7) is 1.97. The second-order valence-corrected chi connectivity index (χ2v) is 8.60. The van der Waals surface area contributed by atoms with E-state index in [1.54, 1.807) is 19.2 Å². The molecular formula is C28H23NO6S. The smallest absolute Gasteiger partial charge is 0.341 e. The summed E-state index contributed by atoms with van der Waals surface area (Å²) in [5, 5.41) is 12.9. The lowest BCUT2D eigenvalue weighted by Crippen LogP contribution is -2.11. The summed E-state index contributed by atoms with van der Waals surface area (Å²) in [5.74, 6) is -1.95. The van der Waals surface area contributed by atoms with E-state index in [-0.39, 0.29) is 25.2 Å². The van der Waals surface area contributed by atoms with Crippen molar-refractivity contribution in [3.05, 3.63) is 83.2 Å². The van der Waals surface area contributed by atoms with Crippen LogP contribution in [0.25, 0.3) is 21.9 Å². The number of carboxylic acids is 1. The van der Waals surface area contributed by atoms with Gasteiger partial charge in [-0.25, -0.2) is 9.79 Å². The van der Waals surface area contributed by atoms with Crippen LogP contribution in [0, 0.1) is 0 Å². The molecule has 0 bridgehead atoms. The minimum absolute atomic E-state index is 0.228. The summed E-state index contributed by atoms with van der Waals surface area (Å²) in [6, 6.07) is 20.5. The lowest BCUT2D eigenvalue weighted by molar-refractivity contribution is -0.142. The summed E-state index contributed by atoms with van der Waals surface area (Å²) in [4.78, 5) is 40.6. The summed E-state index contributed by atoms with van der Waals surface area (Å²) in [5.41, 5.74) is 2.51. The van der Waals surface area contributed by atoms with Gasteiger partial charge in [-0.1, -0.05) is 60.7 Å². The molecule has 0 amide bonds. The Morgan fingerprint density at radius 3 is 2.47 bits per heavy atom. The maximum Gasteiger partial charge on any atom is 0.341 e. The second-order valence-electron chi connectivity index (χ2n) is 7.74. The number of carbonyl (C=O) groups excluding carboxylic acids is 2. The zero-order chi connectivity index (χ0) is 25.5. The molecule has 1 heterocycles. The van der Waals surface area contributed by atoms with E-state index in [2.05, 4.69) is 4.99 Å². The molecule has 0 atom stereocenters. The molecule has 0 radical (unpaired) electrons. The maximum absolute atomic E-state index is 12.9. The van der Waals surface area contributed by atoms with Crippen molar-refractivity contribution >= 4 is 51.2 Å². The van der Waals surface area contributed by atoms with Crippen molar-refractivity contribution in [3.8, 4) is 16.9 Å². The highest BCUT2D eigenvalue weighted by molar-refractivity contribution is 7.14. The molecule has 0 saturated heterocycles. The number of esters is 2. The SMILES string of the molecule is CCOC(=O)c1c(-c2ccccc2)csc1/N=C/c1c(OC(=O)CCC(=O)O)ccc2ccccc12. The molecule has 7 nitrogen and oxygen atoms in total. The highest BCUT2D eigenvalue weighted by Gasteiger charge is 2.21. The quantitative estimate of drug-likeness (QED) is 0.165. The van der Waals surface area contributed by atoms with E-state index >= 15 is 0 Å². The predicted molar refractivity (Wildman–Crippen MR) is 139 cm³/mol. The van der Waals surface area contributed by atoms with E-state index < -0.39 is 17.9 Å². The Balaban J connectivity index is 1.76. The third-order valence-electron chi connectivity index (χ3n) is 5.34. The van der Waals surface area contributed by atoms with E-state index in [1.165, 1.54) is 11.3 Å². The third kappa shape index (κ3) is 5.67. The number of thiophene rings is 1. The van der Waals surface area contributed by atoms with Crippen LogP contribution in [0.5, 0.6) is 5.75 Å². The minimum atomic E-state index is -1.08. The van der Waals surface area contributed by atoms with E-state index in [4.69, 9.17) is 14.6 Å². The molecule has 0 aliphatic carbocycles. The Morgan fingerprint density at radius 2 is 1.72 bits per heavy atom. The van der Waals surface area contributed by atoms with E-state index in [9.17, 15) is 14.4 Å². The lowest BCUT2D eigenvalue weighted by atomic mass is 10.0. The zero-order valence-corrected chi connectivity index (χ0v) is 20.3. The van der Waals surface area contributed by atoms with Crippen molar-refractivity contribution < 1.29 is 29.0 Å². The molecule has 0 spiro atoms. The van der Waals surface area contributed by atoms with Crippen LogP contribution in [0.2, 0.25) is 0 Å². The summed E-state index contributed by atoms with van der Waals surface area (Å²) in [7, 11) is 0. The van der Waals surface area contributed by atoms with Crippen LogP contribution in [-0.2, 0) is 14.3 Å². The number of rotatable bonds is 9. The van der Waals surface area contributed by atoms with Crippen LogP contribution >= 0.6 is 11.3 Å². The van der Waals surface area contributed by atoms with Crippen molar-refractivity contribution in [1.29, 1.82) is 0 Å². The lowest BCUT2D eigenvalue weighted by Gasteiger charge is -2.10. The molecule has 0 saturated carbocycles. The van der Waals surface area contributed by atoms with Gasteiger partial charge < -0.3 is 14.6 Å². The Labute approximate surface area is 211 Å². The first-order valence-electron chi connectivity index (χ1n) is 11.3. The number of carbonyl (C=O) groups is 3. The molecule has 1 aromatic heterocycles. The summed E-state index contributed by atoms with van der Waals surface area (Å²) < 4.78 is 10.8. The fraction of sp³-hybridized carbons (Fsp3) is 0.143. The molecular weight excluding hydrogens is 478 g/mol. The van der Waals surface area contributed by atoms with Gasteiger partial charge in [-0.05, 0) is 29.3 Å². The van der Waals surface area contributed by atoms with Gasteiger partial charge in [0, 0.05) is 22.7 Å². The third-order valence-corrected chi connectivity index (χ3v) is 6.23. The van der Waals surface area contributed by atoms with Crippen LogP contribution in [0.4, 0.5) is 5.00 Å². The molecule has 0 aliphatic heterocycles. The van der Waals surface area contributed by atoms with Crippen LogP contribution in [0.1, 0.15) is 35.7 Å². The molecule has 36 heavy (non-hydrogen) atoms. The predicted octanol–water partition coefficient (Wildman–Crippen LogP) is 6.27. The normalized spacial score (nSPS) is 11.0. The Morgan fingerprint density at radius 1 is 0.972 bits per heavy atom. The largest absolute Gasteiger partial charge is 0.481 e. The first kappa shape index (κ1) is 24.8. The standard InChI is InChI=1S/C28H23NO6S/c1-2-34-28(33)26-22(18-8-4-3-5-9-18)17-36-27(26)29-16-21-20-11-7-6-10-19(20)12-13-23(21)35-25(32)15-14-24(30)31/h3-13,16-17H,2,14-15H2,1H3,(H,30,31)/b29-16+. The van der Waals surface area contributed by atoms with Gasteiger partial charge in [0.05, 0.1) is 19.4 Å². The molecule has 4 aromatic rings. The minimum Gasteiger partial charge on any atom is -0.481 e. The number of fused-ring (bicyclic) bond motifs is 1. The van der Waals surface area contributed by atoms with Crippen LogP contribution < -0.4 is 4.74 Å². The van der Waals surface area contributed by atoms with Crippen LogP contribution in [0.3, 0.4) is 0 Å². The number of ether oxygens (including phenoxy) is 2. The first-order valence-corrected chi connectivity index (χ1v) is 12.2. The fourth-order valence-corrected chi connectivity index (χ4v) is 4.59. The monoisotopic (exact) mass is 501 g/mol. The number of nitrogens with zero attached hydrogens (tertiary/aromatic N) is 1. The first-order chi connectivity index (χ1) is 17.5. The highest BCUT2D eigenvalue weighted by atomic mass is 32.1. The van der Waals surface area contributed by atoms with Gasteiger partial charge in [0.15, 0.2) is 0 Å². The summed E-state index contributed by atoms with van der Waals surface area (Å²) >= 11 is 1.31. The van der Waals surface area contributed by atoms with Gasteiger partial charge in [0.1, 0.15) is 16.3 Å². The van der Waals surface area contributed by atoms with E-state index in [1.807, 2.05) is 66.0 Å². The maximum atomic E-state index is 12.9. The number of hydrogen-bond acceptors (Lipinski definition) is 7. The van der Waals surface area contributed by atoms with Gasteiger partial charge in [0.25, 0.3) is 0 Å². The number of aliphatic carboxylic acids is 1.